The quantitative estimate of drug-likeness (QED) is 0.756. The van der Waals surface area contributed by atoms with Crippen molar-refractivity contribution in [1.82, 2.24) is 4.98 Å². The SMILES string of the molecule is CCc1ccccc1NC(=O)Cc1c(C(=O)[O-])[nH]c2ccccc12. The third-order valence-corrected chi connectivity index (χ3v) is 4.03. The normalized spacial score (nSPS) is 10.7. The lowest BCUT2D eigenvalue weighted by atomic mass is 10.1. The van der Waals surface area contributed by atoms with E-state index < -0.39 is 5.97 Å². The summed E-state index contributed by atoms with van der Waals surface area (Å²) < 4.78 is 0. The molecule has 0 atom stereocenters. The Balaban J connectivity index is 1.90. The summed E-state index contributed by atoms with van der Waals surface area (Å²) in [5.41, 5.74) is 2.85. The highest BCUT2D eigenvalue weighted by Gasteiger charge is 2.16. The Kier molecular flexibility index (Phi) is 4.33. The first kappa shape index (κ1) is 15.8. The first-order valence-corrected chi connectivity index (χ1v) is 7.78. The van der Waals surface area contributed by atoms with Crippen LogP contribution in [0.3, 0.4) is 0 Å². The van der Waals surface area contributed by atoms with Crippen molar-refractivity contribution in [3.05, 3.63) is 65.4 Å². The molecule has 5 heteroatoms. The van der Waals surface area contributed by atoms with Gasteiger partial charge < -0.3 is 20.2 Å². The van der Waals surface area contributed by atoms with Gasteiger partial charge in [-0.25, -0.2) is 0 Å². The van der Waals surface area contributed by atoms with Crippen LogP contribution in [0.2, 0.25) is 0 Å². The smallest absolute Gasteiger partial charge is 0.228 e. The molecule has 0 aliphatic heterocycles. The monoisotopic (exact) mass is 321 g/mol. The highest BCUT2D eigenvalue weighted by atomic mass is 16.4. The lowest BCUT2D eigenvalue weighted by Crippen LogP contribution is -2.25. The Labute approximate surface area is 139 Å². The van der Waals surface area contributed by atoms with Crippen molar-refractivity contribution in [3.63, 3.8) is 0 Å². The van der Waals surface area contributed by atoms with Crippen LogP contribution in [0.1, 0.15) is 28.5 Å². The summed E-state index contributed by atoms with van der Waals surface area (Å²) in [4.78, 5) is 26.6. The number of carboxylic acids is 1. The van der Waals surface area contributed by atoms with Gasteiger partial charge in [0.2, 0.25) is 5.91 Å². The van der Waals surface area contributed by atoms with Crippen LogP contribution in [-0.4, -0.2) is 16.9 Å². The minimum absolute atomic E-state index is 0.0363. The number of para-hydroxylation sites is 2. The maximum atomic E-state index is 12.4. The molecule has 0 unspecified atom stereocenters. The predicted molar refractivity (Wildman–Crippen MR) is 90.8 cm³/mol. The fraction of sp³-hybridized carbons (Fsp3) is 0.158. The van der Waals surface area contributed by atoms with E-state index in [1.807, 2.05) is 37.3 Å². The van der Waals surface area contributed by atoms with Crippen LogP contribution in [0.25, 0.3) is 10.9 Å². The Morgan fingerprint density at radius 2 is 1.79 bits per heavy atom. The number of anilines is 1. The highest BCUT2D eigenvalue weighted by Crippen LogP contribution is 2.23. The fourth-order valence-electron chi connectivity index (χ4n) is 2.86. The molecule has 2 aromatic carbocycles. The van der Waals surface area contributed by atoms with Gasteiger partial charge in [0.05, 0.1) is 18.1 Å². The van der Waals surface area contributed by atoms with E-state index in [1.165, 1.54) is 0 Å². The Morgan fingerprint density at radius 3 is 2.54 bits per heavy atom. The number of benzene rings is 2. The van der Waals surface area contributed by atoms with E-state index >= 15 is 0 Å². The second-order valence-electron chi connectivity index (χ2n) is 5.55. The van der Waals surface area contributed by atoms with Crippen molar-refractivity contribution < 1.29 is 14.7 Å². The number of H-pyrrole nitrogens is 1. The number of aromatic nitrogens is 1. The van der Waals surface area contributed by atoms with E-state index in [-0.39, 0.29) is 18.0 Å². The lowest BCUT2D eigenvalue weighted by Gasteiger charge is -2.10. The topological polar surface area (TPSA) is 85.0 Å². The summed E-state index contributed by atoms with van der Waals surface area (Å²) in [7, 11) is 0. The van der Waals surface area contributed by atoms with Crippen molar-refractivity contribution in [2.75, 3.05) is 5.32 Å². The third-order valence-electron chi connectivity index (χ3n) is 4.03. The van der Waals surface area contributed by atoms with Gasteiger partial charge in [-0.2, -0.15) is 0 Å². The molecule has 0 aliphatic carbocycles. The highest BCUT2D eigenvalue weighted by molar-refractivity contribution is 6.01. The lowest BCUT2D eigenvalue weighted by molar-refractivity contribution is -0.255. The molecule has 3 aromatic rings. The molecule has 0 bridgehead atoms. The van der Waals surface area contributed by atoms with E-state index in [0.29, 0.717) is 11.1 Å². The molecule has 0 radical (unpaired) electrons. The summed E-state index contributed by atoms with van der Waals surface area (Å²) in [5, 5.41) is 14.9. The molecule has 0 fully saturated rings. The molecule has 24 heavy (non-hydrogen) atoms. The van der Waals surface area contributed by atoms with Gasteiger partial charge in [-0.3, -0.25) is 4.79 Å². The molecular formula is C19H17N2O3-. The summed E-state index contributed by atoms with van der Waals surface area (Å²) in [5.74, 6) is -1.58. The van der Waals surface area contributed by atoms with Gasteiger partial charge >= 0.3 is 0 Å². The number of rotatable bonds is 5. The maximum Gasteiger partial charge on any atom is 0.228 e. The first-order valence-electron chi connectivity index (χ1n) is 7.78. The van der Waals surface area contributed by atoms with Gasteiger partial charge in [0.1, 0.15) is 0 Å². The summed E-state index contributed by atoms with van der Waals surface area (Å²) >= 11 is 0. The molecule has 0 saturated carbocycles. The zero-order valence-electron chi connectivity index (χ0n) is 13.3. The van der Waals surface area contributed by atoms with E-state index in [1.54, 1.807) is 18.2 Å². The minimum atomic E-state index is -1.32. The van der Waals surface area contributed by atoms with Gasteiger partial charge in [0.15, 0.2) is 0 Å². The van der Waals surface area contributed by atoms with E-state index in [4.69, 9.17) is 0 Å². The first-order chi connectivity index (χ1) is 11.6. The van der Waals surface area contributed by atoms with Crippen molar-refractivity contribution in [2.24, 2.45) is 0 Å². The number of carboxylic acid groups (broad SMARTS) is 1. The van der Waals surface area contributed by atoms with Crippen molar-refractivity contribution in [2.45, 2.75) is 19.8 Å². The van der Waals surface area contributed by atoms with Gasteiger partial charge in [-0.1, -0.05) is 43.3 Å². The third kappa shape index (κ3) is 3.01. The molecule has 0 aliphatic rings. The number of carbonyl (C=O) groups excluding carboxylic acids is 2. The van der Waals surface area contributed by atoms with Crippen LogP contribution in [0.4, 0.5) is 5.69 Å². The molecule has 3 rings (SSSR count). The van der Waals surface area contributed by atoms with Crippen LogP contribution in [0, 0.1) is 0 Å². The minimum Gasteiger partial charge on any atom is -0.543 e. The van der Waals surface area contributed by atoms with Crippen molar-refractivity contribution in [1.29, 1.82) is 0 Å². The van der Waals surface area contributed by atoms with Crippen molar-refractivity contribution in [3.8, 4) is 0 Å². The number of carbonyl (C=O) groups is 2. The molecular weight excluding hydrogens is 304 g/mol. The number of amides is 1. The molecule has 0 spiro atoms. The summed E-state index contributed by atoms with van der Waals surface area (Å²) in [6.45, 7) is 2.01. The summed E-state index contributed by atoms with van der Waals surface area (Å²) in [6, 6.07) is 14.7. The second kappa shape index (κ2) is 6.58. The predicted octanol–water partition coefficient (Wildman–Crippen LogP) is 2.28. The number of aromatic carboxylic acids is 1. The zero-order chi connectivity index (χ0) is 17.1. The average Bonchev–Trinajstić information content (AvgIpc) is 2.94. The van der Waals surface area contributed by atoms with Crippen molar-refractivity contribution >= 4 is 28.5 Å². The largest absolute Gasteiger partial charge is 0.543 e. The summed E-state index contributed by atoms with van der Waals surface area (Å²) in [6.07, 6.45) is 0.763. The zero-order valence-corrected chi connectivity index (χ0v) is 13.3. The van der Waals surface area contributed by atoms with Crippen LogP contribution in [-0.2, 0) is 17.6 Å². The van der Waals surface area contributed by atoms with E-state index in [9.17, 15) is 14.7 Å². The van der Waals surface area contributed by atoms with Gasteiger partial charge in [-0.05, 0) is 29.7 Å². The average molecular weight is 321 g/mol. The van der Waals surface area contributed by atoms with Gasteiger partial charge in [-0.15, -0.1) is 0 Å². The van der Waals surface area contributed by atoms with Crippen LogP contribution < -0.4 is 10.4 Å². The molecule has 1 aromatic heterocycles. The molecule has 0 saturated heterocycles. The van der Waals surface area contributed by atoms with E-state index in [0.717, 1.165) is 23.1 Å². The fourth-order valence-corrected chi connectivity index (χ4v) is 2.86. The molecule has 1 heterocycles. The Hall–Kier alpha value is -3.08. The number of hydrogen-bond acceptors (Lipinski definition) is 3. The van der Waals surface area contributed by atoms with Crippen LogP contribution in [0.15, 0.2) is 48.5 Å². The Bertz CT molecular complexity index is 912. The van der Waals surface area contributed by atoms with E-state index in [2.05, 4.69) is 10.3 Å². The number of aromatic amines is 1. The maximum absolute atomic E-state index is 12.4. The molecule has 5 nitrogen and oxygen atoms in total. The molecule has 2 N–H and O–H groups in total. The van der Waals surface area contributed by atoms with Crippen LogP contribution >= 0.6 is 0 Å². The standard InChI is InChI=1S/C19H18N2O3/c1-2-12-7-3-5-9-15(12)20-17(22)11-14-13-8-4-6-10-16(13)21-18(14)19(23)24/h3-10,21H,2,11H2,1H3,(H,20,22)(H,23,24)/p-1. The van der Waals surface area contributed by atoms with Crippen LogP contribution in [0.5, 0.6) is 0 Å². The number of fused-ring (bicyclic) bond motifs is 1. The molecule has 1 amide bonds. The number of aryl methyl sites for hydroxylation is 1. The Morgan fingerprint density at radius 1 is 1.08 bits per heavy atom. The molecule has 122 valence electrons. The number of nitrogens with one attached hydrogen (secondary N) is 2. The van der Waals surface area contributed by atoms with Gasteiger partial charge in [0, 0.05) is 16.6 Å². The number of hydrogen-bond donors (Lipinski definition) is 2. The second-order valence-corrected chi connectivity index (χ2v) is 5.55. The van der Waals surface area contributed by atoms with Gasteiger partial charge in [0.25, 0.3) is 0 Å².